The van der Waals surface area contributed by atoms with E-state index in [9.17, 15) is 25.1 Å². The van der Waals surface area contributed by atoms with Crippen molar-refractivity contribution >= 4 is 11.5 Å². The second kappa shape index (κ2) is 8.15. The van der Waals surface area contributed by atoms with E-state index in [-0.39, 0.29) is 23.8 Å². The first-order chi connectivity index (χ1) is 13.0. The molecule has 0 spiro atoms. The van der Waals surface area contributed by atoms with Gasteiger partial charge in [-0.2, -0.15) is 0 Å². The van der Waals surface area contributed by atoms with Gasteiger partial charge in [0.25, 0.3) is 0 Å². The van der Waals surface area contributed by atoms with Crippen molar-refractivity contribution in [1.29, 1.82) is 0 Å². The Kier molecular flexibility index (Phi) is 5.68. The second-order valence-electron chi connectivity index (χ2n) is 6.32. The molecule has 8 nitrogen and oxygen atoms in total. The number of phenols is 2. The summed E-state index contributed by atoms with van der Waals surface area (Å²) in [5.41, 5.74) is 0.262. The molecule has 0 radical (unpaired) electrons. The molecule has 1 heterocycles. The van der Waals surface area contributed by atoms with Crippen LogP contribution in [0.2, 0.25) is 0 Å². The highest BCUT2D eigenvalue weighted by Crippen LogP contribution is 2.37. The molecule has 8 heteroatoms. The lowest BCUT2D eigenvalue weighted by molar-refractivity contribution is -0.386. The molecule has 142 valence electrons. The van der Waals surface area contributed by atoms with Gasteiger partial charge in [-0.15, -0.1) is 0 Å². The van der Waals surface area contributed by atoms with Gasteiger partial charge in [0.15, 0.2) is 11.5 Å². The van der Waals surface area contributed by atoms with Crippen LogP contribution in [-0.4, -0.2) is 52.1 Å². The van der Waals surface area contributed by atoms with Crippen molar-refractivity contribution in [2.45, 2.75) is 12.5 Å². The van der Waals surface area contributed by atoms with Gasteiger partial charge in [-0.25, -0.2) is 0 Å². The van der Waals surface area contributed by atoms with E-state index in [4.69, 9.17) is 4.74 Å². The lowest BCUT2D eigenvalue weighted by atomic mass is 9.95. The second-order valence-corrected chi connectivity index (χ2v) is 6.32. The van der Waals surface area contributed by atoms with Gasteiger partial charge in [-0.1, -0.05) is 30.3 Å². The number of ether oxygens (including phenoxy) is 1. The zero-order valence-electron chi connectivity index (χ0n) is 14.6. The van der Waals surface area contributed by atoms with Crippen LogP contribution in [0.3, 0.4) is 0 Å². The fraction of sp³-hybridized carbons (Fsp3) is 0.316. The van der Waals surface area contributed by atoms with E-state index in [0.717, 1.165) is 17.7 Å². The maximum atomic E-state index is 12.8. The highest BCUT2D eigenvalue weighted by atomic mass is 16.6. The lowest BCUT2D eigenvalue weighted by Gasteiger charge is -2.34. The molecule has 1 aliphatic heterocycles. The molecule has 0 amide bonds. The predicted octanol–water partition coefficient (Wildman–Crippen LogP) is 2.65. The number of aromatic hydroxyl groups is 2. The van der Waals surface area contributed by atoms with Crippen LogP contribution in [0.25, 0.3) is 0 Å². The molecule has 2 aromatic rings. The maximum absolute atomic E-state index is 12.8. The molecule has 2 aromatic carbocycles. The van der Waals surface area contributed by atoms with Crippen LogP contribution >= 0.6 is 0 Å². The standard InChI is InChI=1S/C19H20N2O6/c22-17(14-10-16(21(25)26)19(24)18(23)11-14)12-15(13-4-2-1-3-5-13)20-6-8-27-9-7-20/h1-5,10-11,15,23-24H,6-9,12H2. The number of rotatable bonds is 6. The number of hydrogen-bond donors (Lipinski definition) is 2. The topological polar surface area (TPSA) is 113 Å². The number of nitro benzene ring substituents is 1. The summed E-state index contributed by atoms with van der Waals surface area (Å²) in [7, 11) is 0. The molecule has 2 N–H and O–H groups in total. The normalized spacial score (nSPS) is 16.0. The smallest absolute Gasteiger partial charge is 0.315 e. The van der Waals surface area contributed by atoms with Crippen molar-refractivity contribution in [3.8, 4) is 11.5 Å². The maximum Gasteiger partial charge on any atom is 0.315 e. The van der Waals surface area contributed by atoms with Crippen LogP contribution < -0.4 is 0 Å². The number of benzene rings is 2. The Hall–Kier alpha value is -2.97. The number of carbonyl (C=O) groups excluding carboxylic acids is 1. The summed E-state index contributed by atoms with van der Waals surface area (Å²) < 4.78 is 5.38. The molecule has 1 unspecified atom stereocenters. The first-order valence-electron chi connectivity index (χ1n) is 8.57. The van der Waals surface area contributed by atoms with E-state index in [1.807, 2.05) is 30.3 Å². The third-order valence-corrected chi connectivity index (χ3v) is 4.64. The summed E-state index contributed by atoms with van der Waals surface area (Å²) >= 11 is 0. The van der Waals surface area contributed by atoms with Crippen molar-refractivity contribution in [2.75, 3.05) is 26.3 Å². The Morgan fingerprint density at radius 2 is 1.85 bits per heavy atom. The van der Waals surface area contributed by atoms with E-state index in [0.29, 0.717) is 26.3 Å². The quantitative estimate of drug-likeness (QED) is 0.347. The van der Waals surface area contributed by atoms with Crippen LogP contribution in [-0.2, 0) is 4.74 Å². The molecule has 1 fully saturated rings. The van der Waals surface area contributed by atoms with Gasteiger partial charge in [-0.3, -0.25) is 19.8 Å². The highest BCUT2D eigenvalue weighted by Gasteiger charge is 2.27. The minimum atomic E-state index is -0.843. The molecule has 0 aromatic heterocycles. The van der Waals surface area contributed by atoms with Crippen molar-refractivity contribution in [3.05, 3.63) is 63.7 Å². The summed E-state index contributed by atoms with van der Waals surface area (Å²) in [5.74, 6) is -1.88. The Bertz CT molecular complexity index is 834. The predicted molar refractivity (Wildman–Crippen MR) is 96.9 cm³/mol. The Morgan fingerprint density at radius 1 is 1.19 bits per heavy atom. The molecule has 1 aliphatic rings. The fourth-order valence-corrected chi connectivity index (χ4v) is 3.22. The summed E-state index contributed by atoms with van der Waals surface area (Å²) in [5, 5.41) is 30.4. The van der Waals surface area contributed by atoms with Crippen LogP contribution in [0.5, 0.6) is 11.5 Å². The van der Waals surface area contributed by atoms with Gasteiger partial charge in [0, 0.05) is 37.2 Å². The van der Waals surface area contributed by atoms with E-state index < -0.39 is 22.1 Å². The van der Waals surface area contributed by atoms with Crippen LogP contribution in [0.4, 0.5) is 5.69 Å². The van der Waals surface area contributed by atoms with Crippen molar-refractivity contribution in [1.82, 2.24) is 4.90 Å². The van der Waals surface area contributed by atoms with Crippen molar-refractivity contribution in [2.24, 2.45) is 0 Å². The largest absolute Gasteiger partial charge is 0.504 e. The summed E-state index contributed by atoms with van der Waals surface area (Å²) in [6, 6.07) is 11.4. The minimum Gasteiger partial charge on any atom is -0.504 e. The van der Waals surface area contributed by atoms with Crippen molar-refractivity contribution in [3.63, 3.8) is 0 Å². The highest BCUT2D eigenvalue weighted by molar-refractivity contribution is 5.98. The van der Waals surface area contributed by atoms with Gasteiger partial charge in [0.1, 0.15) is 0 Å². The van der Waals surface area contributed by atoms with E-state index in [1.54, 1.807) is 0 Å². The summed E-state index contributed by atoms with van der Waals surface area (Å²) in [6.07, 6.45) is 0.0887. The van der Waals surface area contributed by atoms with Gasteiger partial charge in [-0.05, 0) is 11.6 Å². The van der Waals surface area contributed by atoms with Gasteiger partial charge in [0.05, 0.1) is 18.1 Å². The van der Waals surface area contributed by atoms with Crippen LogP contribution in [0.1, 0.15) is 28.4 Å². The molecule has 3 rings (SSSR count). The number of nitro groups is 1. The zero-order valence-corrected chi connectivity index (χ0v) is 14.6. The third-order valence-electron chi connectivity index (χ3n) is 4.64. The fourth-order valence-electron chi connectivity index (χ4n) is 3.22. The Morgan fingerprint density at radius 3 is 2.48 bits per heavy atom. The van der Waals surface area contributed by atoms with Crippen LogP contribution in [0.15, 0.2) is 42.5 Å². The van der Waals surface area contributed by atoms with Crippen LogP contribution in [0, 0.1) is 10.1 Å². The van der Waals surface area contributed by atoms with Gasteiger partial charge in [0.2, 0.25) is 5.75 Å². The SMILES string of the molecule is O=C(CC(c1ccccc1)N1CCOCC1)c1cc(O)c(O)c([N+](=O)[O-])c1. The third kappa shape index (κ3) is 4.24. The molecule has 1 atom stereocenters. The van der Waals surface area contributed by atoms with Gasteiger partial charge < -0.3 is 14.9 Å². The van der Waals surface area contributed by atoms with Gasteiger partial charge >= 0.3 is 5.69 Å². The molecule has 0 saturated carbocycles. The monoisotopic (exact) mass is 372 g/mol. The number of Topliss-reactive ketones (excluding diaryl/α,β-unsaturated/α-hetero) is 1. The number of nitrogens with zero attached hydrogens (tertiary/aromatic N) is 2. The average Bonchev–Trinajstić information content (AvgIpc) is 2.69. The number of carbonyl (C=O) groups is 1. The Balaban J connectivity index is 1.89. The zero-order chi connectivity index (χ0) is 19.4. The number of hydrogen-bond acceptors (Lipinski definition) is 7. The molecule has 1 saturated heterocycles. The number of morpholine rings is 1. The molecular weight excluding hydrogens is 352 g/mol. The lowest BCUT2D eigenvalue weighted by Crippen LogP contribution is -2.39. The van der Waals surface area contributed by atoms with E-state index >= 15 is 0 Å². The van der Waals surface area contributed by atoms with E-state index in [1.165, 1.54) is 0 Å². The first kappa shape index (κ1) is 18.8. The molecule has 27 heavy (non-hydrogen) atoms. The average molecular weight is 372 g/mol. The number of ketones is 1. The number of phenolic OH excluding ortho intramolecular Hbond substituents is 2. The molecule has 0 bridgehead atoms. The molecular formula is C19H20N2O6. The first-order valence-corrected chi connectivity index (χ1v) is 8.57. The van der Waals surface area contributed by atoms with Crippen molar-refractivity contribution < 1.29 is 24.7 Å². The summed E-state index contributed by atoms with van der Waals surface area (Å²) in [4.78, 5) is 25.2. The van der Waals surface area contributed by atoms with E-state index in [2.05, 4.69) is 4.90 Å². The summed E-state index contributed by atoms with van der Waals surface area (Å²) in [6.45, 7) is 2.49. The minimum absolute atomic E-state index is 0.00816. The Labute approximate surface area is 155 Å². The molecule has 0 aliphatic carbocycles.